The van der Waals surface area contributed by atoms with Crippen molar-refractivity contribution in [2.75, 3.05) is 5.32 Å². The van der Waals surface area contributed by atoms with Crippen LogP contribution in [0.3, 0.4) is 0 Å². The minimum Gasteiger partial charge on any atom is -0.508 e. The smallest absolute Gasteiger partial charge is 0.125 e. The maximum atomic E-state index is 13.3. The van der Waals surface area contributed by atoms with E-state index in [0.717, 1.165) is 5.56 Å². The molecule has 2 aromatic carbocycles. The van der Waals surface area contributed by atoms with Crippen LogP contribution in [0.2, 0.25) is 0 Å². The molecule has 2 rings (SSSR count). The van der Waals surface area contributed by atoms with E-state index < -0.39 is 0 Å². The molecule has 0 saturated carbocycles. The van der Waals surface area contributed by atoms with Crippen molar-refractivity contribution in [1.82, 2.24) is 0 Å². The molecule has 0 aromatic heterocycles. The largest absolute Gasteiger partial charge is 0.508 e. The fourth-order valence-electron chi connectivity index (χ4n) is 2.05. The Morgan fingerprint density at radius 1 is 1.11 bits per heavy atom. The Kier molecular flexibility index (Phi) is 3.60. The molecule has 100 valence electrons. The first-order valence-electron chi connectivity index (χ1n) is 6.01. The van der Waals surface area contributed by atoms with Crippen LogP contribution in [-0.4, -0.2) is 10.2 Å². The van der Waals surface area contributed by atoms with Crippen LogP contribution in [0, 0.1) is 12.7 Å². The highest BCUT2D eigenvalue weighted by Crippen LogP contribution is 2.30. The molecule has 4 heteroatoms. The van der Waals surface area contributed by atoms with Gasteiger partial charge in [0.1, 0.15) is 17.3 Å². The first-order valence-corrected chi connectivity index (χ1v) is 6.01. The van der Waals surface area contributed by atoms with Crippen molar-refractivity contribution < 1.29 is 14.6 Å². The zero-order chi connectivity index (χ0) is 14.0. The topological polar surface area (TPSA) is 52.5 Å². The van der Waals surface area contributed by atoms with Gasteiger partial charge in [-0.2, -0.15) is 0 Å². The van der Waals surface area contributed by atoms with Crippen molar-refractivity contribution in [2.45, 2.75) is 19.9 Å². The average molecular weight is 261 g/mol. The number of aryl methyl sites for hydroxylation is 1. The third-order valence-electron chi connectivity index (χ3n) is 2.91. The third kappa shape index (κ3) is 3.16. The minimum atomic E-state index is -0.301. The summed E-state index contributed by atoms with van der Waals surface area (Å²) in [5.74, 6) is -0.284. The summed E-state index contributed by atoms with van der Waals surface area (Å²) in [7, 11) is 0. The van der Waals surface area contributed by atoms with Crippen LogP contribution in [0.25, 0.3) is 0 Å². The maximum absolute atomic E-state index is 13.3. The van der Waals surface area contributed by atoms with Crippen LogP contribution in [0.1, 0.15) is 24.1 Å². The number of anilines is 1. The standard InChI is InChI=1S/C15H16FNO2/c1-9-5-11(16)7-12(6-9)17-10(2)14-4-3-13(18)8-15(14)19/h3-8,10,17-19H,1-2H3. The monoisotopic (exact) mass is 261 g/mol. The minimum absolute atomic E-state index is 0.00752. The van der Waals surface area contributed by atoms with Gasteiger partial charge in [-0.05, 0) is 49.7 Å². The summed E-state index contributed by atoms with van der Waals surface area (Å²) < 4.78 is 13.3. The second-order valence-electron chi connectivity index (χ2n) is 4.63. The number of halogens is 1. The van der Waals surface area contributed by atoms with Gasteiger partial charge in [0, 0.05) is 17.3 Å². The Labute approximate surface area is 111 Å². The maximum Gasteiger partial charge on any atom is 0.125 e. The van der Waals surface area contributed by atoms with Crippen LogP contribution in [0.5, 0.6) is 11.5 Å². The molecule has 3 N–H and O–H groups in total. The quantitative estimate of drug-likeness (QED) is 0.789. The molecule has 1 unspecified atom stereocenters. The summed E-state index contributed by atoms with van der Waals surface area (Å²) >= 11 is 0. The summed E-state index contributed by atoms with van der Waals surface area (Å²) in [4.78, 5) is 0. The Balaban J connectivity index is 2.22. The van der Waals surface area contributed by atoms with Gasteiger partial charge >= 0.3 is 0 Å². The van der Waals surface area contributed by atoms with E-state index in [1.54, 1.807) is 6.07 Å². The SMILES string of the molecule is Cc1cc(F)cc(NC(C)c2ccc(O)cc2O)c1. The number of hydrogen-bond acceptors (Lipinski definition) is 3. The molecule has 1 atom stereocenters. The lowest BCUT2D eigenvalue weighted by Gasteiger charge is -2.17. The van der Waals surface area contributed by atoms with Crippen LogP contribution in [-0.2, 0) is 0 Å². The van der Waals surface area contributed by atoms with Gasteiger partial charge in [0.15, 0.2) is 0 Å². The Bertz CT molecular complexity index is 578. The number of aromatic hydroxyl groups is 2. The number of nitrogens with one attached hydrogen (secondary N) is 1. The number of phenols is 2. The van der Waals surface area contributed by atoms with Gasteiger partial charge in [-0.25, -0.2) is 4.39 Å². The van der Waals surface area contributed by atoms with Crippen LogP contribution >= 0.6 is 0 Å². The van der Waals surface area contributed by atoms with E-state index >= 15 is 0 Å². The van der Waals surface area contributed by atoms with Crippen LogP contribution in [0.4, 0.5) is 10.1 Å². The highest BCUT2D eigenvalue weighted by atomic mass is 19.1. The van der Waals surface area contributed by atoms with Gasteiger partial charge in [-0.15, -0.1) is 0 Å². The molecule has 0 aliphatic heterocycles. The number of phenolic OH excluding ortho intramolecular Hbond substituents is 2. The molecule has 0 spiro atoms. The summed E-state index contributed by atoms with van der Waals surface area (Å²) in [5.41, 5.74) is 2.11. The fourth-order valence-corrected chi connectivity index (χ4v) is 2.05. The van der Waals surface area contributed by atoms with Crippen molar-refractivity contribution in [3.8, 4) is 11.5 Å². The van der Waals surface area contributed by atoms with E-state index in [2.05, 4.69) is 5.32 Å². The molecule has 0 aliphatic carbocycles. The molecular formula is C15H16FNO2. The third-order valence-corrected chi connectivity index (χ3v) is 2.91. The lowest BCUT2D eigenvalue weighted by Crippen LogP contribution is -2.07. The van der Waals surface area contributed by atoms with Crippen molar-refractivity contribution in [3.63, 3.8) is 0 Å². The molecule has 0 fully saturated rings. The molecule has 0 bridgehead atoms. The van der Waals surface area contributed by atoms with E-state index in [9.17, 15) is 14.6 Å². The fraction of sp³-hybridized carbons (Fsp3) is 0.200. The first-order chi connectivity index (χ1) is 8.95. The normalized spacial score (nSPS) is 12.2. The molecule has 0 heterocycles. The second kappa shape index (κ2) is 5.18. The van der Waals surface area contributed by atoms with Crippen LogP contribution < -0.4 is 5.32 Å². The van der Waals surface area contributed by atoms with Crippen molar-refractivity contribution in [2.24, 2.45) is 0 Å². The molecule has 0 radical (unpaired) electrons. The molecule has 0 aliphatic rings. The summed E-state index contributed by atoms with van der Waals surface area (Å²) in [5, 5.41) is 22.1. The average Bonchev–Trinajstić information content (AvgIpc) is 2.26. The van der Waals surface area contributed by atoms with Crippen molar-refractivity contribution in [3.05, 3.63) is 53.3 Å². The van der Waals surface area contributed by atoms with Crippen molar-refractivity contribution >= 4 is 5.69 Å². The predicted octanol–water partition coefficient (Wildman–Crippen LogP) is 3.72. The van der Waals surface area contributed by atoms with E-state index in [4.69, 9.17) is 0 Å². The summed E-state index contributed by atoms with van der Waals surface area (Å²) in [6.45, 7) is 3.67. The van der Waals surface area contributed by atoms with Gasteiger partial charge in [-0.1, -0.05) is 0 Å². The molecule has 0 saturated heterocycles. The van der Waals surface area contributed by atoms with Crippen LogP contribution in [0.15, 0.2) is 36.4 Å². The Morgan fingerprint density at radius 2 is 1.84 bits per heavy atom. The zero-order valence-corrected chi connectivity index (χ0v) is 10.8. The van der Waals surface area contributed by atoms with E-state index in [1.807, 2.05) is 19.9 Å². The summed E-state index contributed by atoms with van der Waals surface area (Å²) in [6, 6.07) is 8.90. The molecular weight excluding hydrogens is 245 g/mol. The predicted molar refractivity (Wildman–Crippen MR) is 72.9 cm³/mol. The number of rotatable bonds is 3. The number of benzene rings is 2. The highest BCUT2D eigenvalue weighted by molar-refractivity contribution is 5.50. The van der Waals surface area contributed by atoms with Gasteiger partial charge < -0.3 is 15.5 Å². The first kappa shape index (κ1) is 13.2. The lowest BCUT2D eigenvalue weighted by molar-refractivity contribution is 0.444. The second-order valence-corrected chi connectivity index (χ2v) is 4.63. The number of hydrogen-bond donors (Lipinski definition) is 3. The molecule has 0 amide bonds. The van der Waals surface area contributed by atoms with E-state index in [1.165, 1.54) is 24.3 Å². The highest BCUT2D eigenvalue weighted by Gasteiger charge is 2.11. The van der Waals surface area contributed by atoms with E-state index in [0.29, 0.717) is 11.3 Å². The Hall–Kier alpha value is -2.23. The summed E-state index contributed by atoms with van der Waals surface area (Å²) in [6.07, 6.45) is 0. The van der Waals surface area contributed by atoms with Gasteiger partial charge in [-0.3, -0.25) is 0 Å². The molecule has 2 aromatic rings. The van der Waals surface area contributed by atoms with Gasteiger partial charge in [0.25, 0.3) is 0 Å². The van der Waals surface area contributed by atoms with Gasteiger partial charge in [0.05, 0.1) is 6.04 Å². The Morgan fingerprint density at radius 3 is 2.47 bits per heavy atom. The van der Waals surface area contributed by atoms with Gasteiger partial charge in [0.2, 0.25) is 0 Å². The zero-order valence-electron chi connectivity index (χ0n) is 10.8. The lowest BCUT2D eigenvalue weighted by atomic mass is 10.1. The van der Waals surface area contributed by atoms with E-state index in [-0.39, 0.29) is 23.4 Å². The molecule has 19 heavy (non-hydrogen) atoms. The van der Waals surface area contributed by atoms with Crippen molar-refractivity contribution in [1.29, 1.82) is 0 Å². The molecule has 3 nitrogen and oxygen atoms in total.